The van der Waals surface area contributed by atoms with Gasteiger partial charge >= 0.3 is 0 Å². The Morgan fingerprint density at radius 3 is 2.55 bits per heavy atom. The molecule has 3 saturated carbocycles. The molecule has 2 aliphatic heterocycles. The number of aromatic nitrogens is 2. The standard InChI is InChI=1S/C44H57N2O3/c1-27-14-19-44(48-25-27)30(4)41-40(49-44)23-36-34-13-12-32-22-33(15-17-42(32,5)35(34)16-18-43(36,41)6)46-26-45(24-39(47)31-10-8-7-9-11-31)37-20-28(2)29(3)21-38(37)46/h7-12,20-21,26-27,30,33-36,40-41H,13-19,22-25H2,1-6H3/q+1/t27-,30+,33-,34-,35+,36+,40+,41+,42+,43+,44-/m1/s1. The molecular weight excluding hydrogens is 604 g/mol. The summed E-state index contributed by atoms with van der Waals surface area (Å²) in [7, 11) is 0. The normalized spacial score (nSPS) is 41.2. The van der Waals surface area contributed by atoms with Gasteiger partial charge in [-0.2, -0.15) is 0 Å². The minimum Gasteiger partial charge on any atom is -0.349 e. The molecule has 3 heterocycles. The molecule has 0 bridgehead atoms. The number of hydrogen-bond donors (Lipinski definition) is 0. The van der Waals surface area contributed by atoms with Crippen molar-refractivity contribution in [1.29, 1.82) is 0 Å². The van der Waals surface area contributed by atoms with Crippen LogP contribution in [0.3, 0.4) is 0 Å². The molecule has 9 rings (SSSR count). The largest absolute Gasteiger partial charge is 0.349 e. The molecule has 1 spiro atoms. The van der Waals surface area contributed by atoms with Gasteiger partial charge in [-0.1, -0.05) is 69.7 Å². The fraction of sp³-hybridized carbons (Fsp3) is 0.636. The summed E-state index contributed by atoms with van der Waals surface area (Å²) in [5, 5.41) is 0. The molecule has 5 fully saturated rings. The van der Waals surface area contributed by atoms with Gasteiger partial charge in [-0.15, -0.1) is 0 Å². The number of ether oxygens (including phenoxy) is 2. The molecule has 49 heavy (non-hydrogen) atoms. The van der Waals surface area contributed by atoms with Gasteiger partial charge in [0.15, 0.2) is 23.4 Å². The number of Topliss-reactive ketones (excluding diaryl/α,β-unsaturated/α-hetero) is 1. The number of aryl methyl sites for hydroxylation is 2. The first-order valence-corrected chi connectivity index (χ1v) is 19.6. The molecular formula is C44H57N2O3+. The smallest absolute Gasteiger partial charge is 0.245 e. The Hall–Kier alpha value is -2.76. The number of rotatable bonds is 4. The first-order chi connectivity index (χ1) is 23.5. The summed E-state index contributed by atoms with van der Waals surface area (Å²) in [4.78, 5) is 13.4. The summed E-state index contributed by atoms with van der Waals surface area (Å²) < 4.78 is 18.4. The van der Waals surface area contributed by atoms with E-state index in [1.807, 2.05) is 30.3 Å². The second-order valence-corrected chi connectivity index (χ2v) is 18.0. The van der Waals surface area contributed by atoms with Crippen molar-refractivity contribution in [3.63, 3.8) is 0 Å². The SMILES string of the molecule is Cc1cc2c(cc1C)[n+](CC(=O)c1ccccc1)cn2[C@@H]1CC[C@@]2(C)C(=CC[C@H]3[C@@H]4C[C@@H]5O[C@]6(CC[C@@H](C)CO6)[C@@H](C)[C@@H]5[C@@]4(C)CC[C@@H]32)C1. The summed E-state index contributed by atoms with van der Waals surface area (Å²) in [6, 6.07) is 14.8. The van der Waals surface area contributed by atoms with Crippen LogP contribution >= 0.6 is 0 Å². The van der Waals surface area contributed by atoms with Crippen molar-refractivity contribution in [2.24, 2.45) is 46.3 Å². The molecule has 5 heteroatoms. The van der Waals surface area contributed by atoms with E-state index >= 15 is 0 Å². The van der Waals surface area contributed by atoms with Gasteiger partial charge in [0.25, 0.3) is 0 Å². The van der Waals surface area contributed by atoms with Crippen molar-refractivity contribution in [2.45, 2.75) is 124 Å². The minimum absolute atomic E-state index is 0.163. The predicted octanol–water partition coefficient (Wildman–Crippen LogP) is 9.34. The Bertz CT molecular complexity index is 1820. The molecule has 11 atom stereocenters. The van der Waals surface area contributed by atoms with E-state index in [4.69, 9.17) is 9.47 Å². The van der Waals surface area contributed by atoms with Crippen LogP contribution in [-0.4, -0.2) is 28.8 Å². The minimum atomic E-state index is -0.330. The van der Waals surface area contributed by atoms with Crippen LogP contribution in [0, 0.1) is 60.2 Å². The number of fused-ring (bicyclic) bond motifs is 8. The highest BCUT2D eigenvalue weighted by Crippen LogP contribution is 2.71. The summed E-state index contributed by atoms with van der Waals surface area (Å²) in [5.41, 5.74) is 8.15. The van der Waals surface area contributed by atoms with E-state index in [1.165, 1.54) is 67.1 Å². The maximum atomic E-state index is 13.4. The Balaban J connectivity index is 0.977. The fourth-order valence-corrected chi connectivity index (χ4v) is 12.7. The number of imidazole rings is 1. The highest BCUT2D eigenvalue weighted by atomic mass is 16.7. The van der Waals surface area contributed by atoms with Crippen LogP contribution in [0.4, 0.5) is 0 Å². The molecule has 3 aromatic rings. The average molecular weight is 662 g/mol. The van der Waals surface area contributed by atoms with Crippen LogP contribution in [0.25, 0.3) is 11.0 Å². The maximum absolute atomic E-state index is 13.4. The van der Waals surface area contributed by atoms with E-state index in [9.17, 15) is 4.79 Å². The third-order valence-corrected chi connectivity index (χ3v) is 15.6. The van der Waals surface area contributed by atoms with E-state index in [0.717, 1.165) is 42.8 Å². The van der Waals surface area contributed by atoms with Gasteiger partial charge in [0, 0.05) is 24.3 Å². The van der Waals surface area contributed by atoms with E-state index in [2.05, 4.69) is 75.2 Å². The third kappa shape index (κ3) is 4.76. The molecule has 2 aromatic carbocycles. The number of nitrogens with zero attached hydrogens (tertiary/aromatic N) is 2. The highest BCUT2D eigenvalue weighted by molar-refractivity contribution is 5.95. The molecule has 5 nitrogen and oxygen atoms in total. The lowest BCUT2D eigenvalue weighted by Crippen LogP contribution is -2.52. The van der Waals surface area contributed by atoms with Crippen LogP contribution in [0.2, 0.25) is 0 Å². The Labute approximate surface area is 293 Å². The molecule has 0 amide bonds. The second-order valence-electron chi connectivity index (χ2n) is 18.0. The number of benzene rings is 2. The zero-order chi connectivity index (χ0) is 33.9. The van der Waals surface area contributed by atoms with E-state index in [0.29, 0.717) is 41.9 Å². The summed E-state index contributed by atoms with van der Waals surface area (Å²) in [5.74, 6) is 3.85. The van der Waals surface area contributed by atoms with E-state index in [-0.39, 0.29) is 17.0 Å². The van der Waals surface area contributed by atoms with Crippen LogP contribution in [0.15, 0.2) is 60.4 Å². The summed E-state index contributed by atoms with van der Waals surface area (Å²) >= 11 is 0. The topological polar surface area (TPSA) is 44.3 Å². The van der Waals surface area contributed by atoms with Crippen molar-refractivity contribution in [2.75, 3.05) is 6.61 Å². The number of ketones is 1. The predicted molar refractivity (Wildman–Crippen MR) is 193 cm³/mol. The number of carbonyl (C=O) groups excluding carboxylic acids is 1. The van der Waals surface area contributed by atoms with Crippen molar-refractivity contribution in [3.05, 3.63) is 77.1 Å². The van der Waals surface area contributed by atoms with Gasteiger partial charge in [0.05, 0.1) is 12.7 Å². The van der Waals surface area contributed by atoms with E-state index < -0.39 is 0 Å². The van der Waals surface area contributed by atoms with Crippen LogP contribution in [0.1, 0.15) is 113 Å². The van der Waals surface area contributed by atoms with E-state index in [1.54, 1.807) is 5.57 Å². The summed E-state index contributed by atoms with van der Waals surface area (Å²) in [6.45, 7) is 15.7. The Kier molecular flexibility index (Phi) is 7.47. The fourth-order valence-electron chi connectivity index (χ4n) is 12.7. The van der Waals surface area contributed by atoms with Crippen LogP contribution in [0.5, 0.6) is 0 Å². The molecule has 0 N–H and O–H groups in total. The molecule has 4 aliphatic carbocycles. The first-order valence-electron chi connectivity index (χ1n) is 19.6. The average Bonchev–Trinajstić information content (AvgIpc) is 3.68. The Morgan fingerprint density at radius 2 is 1.78 bits per heavy atom. The van der Waals surface area contributed by atoms with Gasteiger partial charge in [-0.25, -0.2) is 9.13 Å². The molecule has 0 radical (unpaired) electrons. The monoisotopic (exact) mass is 661 g/mol. The lowest BCUT2D eigenvalue weighted by molar-refractivity contribution is -0.658. The highest BCUT2D eigenvalue weighted by Gasteiger charge is 2.68. The van der Waals surface area contributed by atoms with Gasteiger partial charge < -0.3 is 9.47 Å². The van der Waals surface area contributed by atoms with Crippen molar-refractivity contribution >= 4 is 16.8 Å². The number of hydrogen-bond acceptors (Lipinski definition) is 3. The second kappa shape index (κ2) is 11.4. The number of carbonyl (C=O) groups is 1. The van der Waals surface area contributed by atoms with Crippen molar-refractivity contribution in [1.82, 2.24) is 4.57 Å². The molecule has 260 valence electrons. The van der Waals surface area contributed by atoms with Gasteiger partial charge in [-0.05, 0) is 122 Å². The lowest BCUT2D eigenvalue weighted by atomic mass is 9.46. The molecule has 2 saturated heterocycles. The maximum Gasteiger partial charge on any atom is 0.245 e. The van der Waals surface area contributed by atoms with Crippen LogP contribution < -0.4 is 4.57 Å². The van der Waals surface area contributed by atoms with Gasteiger partial charge in [-0.3, -0.25) is 4.79 Å². The Morgan fingerprint density at radius 1 is 0.980 bits per heavy atom. The van der Waals surface area contributed by atoms with Crippen LogP contribution in [-0.2, 0) is 16.0 Å². The van der Waals surface area contributed by atoms with Crippen molar-refractivity contribution < 1.29 is 18.8 Å². The molecule has 6 aliphatic rings. The van der Waals surface area contributed by atoms with Gasteiger partial charge in [0.1, 0.15) is 6.04 Å². The van der Waals surface area contributed by atoms with Crippen molar-refractivity contribution in [3.8, 4) is 0 Å². The summed E-state index contributed by atoms with van der Waals surface area (Å²) in [6.07, 6.45) is 16.3. The first kappa shape index (κ1) is 32.2. The lowest BCUT2D eigenvalue weighted by Gasteiger charge is -2.58. The molecule has 0 unspecified atom stereocenters. The third-order valence-electron chi connectivity index (χ3n) is 15.6. The zero-order valence-corrected chi connectivity index (χ0v) is 30.7. The zero-order valence-electron chi connectivity index (χ0n) is 30.7. The number of allylic oxidation sites excluding steroid dienone is 2. The quantitative estimate of drug-likeness (QED) is 0.159. The van der Waals surface area contributed by atoms with Gasteiger partial charge in [0.2, 0.25) is 12.1 Å². The molecule has 1 aromatic heterocycles.